The Morgan fingerprint density at radius 2 is 1.84 bits per heavy atom. The predicted octanol–water partition coefficient (Wildman–Crippen LogP) is 2.94. The molecule has 3 nitrogen and oxygen atoms in total. The third-order valence-corrected chi connectivity index (χ3v) is 3.15. The number of hydrogen-bond acceptors (Lipinski definition) is 2. The summed E-state index contributed by atoms with van der Waals surface area (Å²) in [4.78, 5) is 7.73. The lowest BCUT2D eigenvalue weighted by Gasteiger charge is -2.09. The minimum absolute atomic E-state index is 0.193. The molecule has 0 aliphatic carbocycles. The quantitative estimate of drug-likeness (QED) is 0.756. The SMILES string of the molecule is N[C@H](Cc1nc2ccccc2[nH]1)c1ccc(F)cc1. The summed E-state index contributed by atoms with van der Waals surface area (Å²) in [5, 5.41) is 0. The highest BCUT2D eigenvalue weighted by atomic mass is 19.1. The lowest BCUT2D eigenvalue weighted by molar-refractivity contribution is 0.623. The van der Waals surface area contributed by atoms with E-state index in [1.54, 1.807) is 12.1 Å². The number of imidazole rings is 1. The van der Waals surface area contributed by atoms with E-state index in [2.05, 4.69) is 9.97 Å². The molecular weight excluding hydrogens is 241 g/mol. The first-order chi connectivity index (χ1) is 9.22. The molecule has 1 aromatic heterocycles. The molecule has 0 aliphatic heterocycles. The highest BCUT2D eigenvalue weighted by Gasteiger charge is 2.10. The number of nitrogens with one attached hydrogen (secondary N) is 1. The van der Waals surface area contributed by atoms with Crippen LogP contribution in [-0.4, -0.2) is 9.97 Å². The van der Waals surface area contributed by atoms with E-state index < -0.39 is 0 Å². The van der Waals surface area contributed by atoms with Gasteiger partial charge in [-0.25, -0.2) is 9.37 Å². The maximum Gasteiger partial charge on any atom is 0.123 e. The van der Waals surface area contributed by atoms with Crippen molar-refractivity contribution in [1.82, 2.24) is 9.97 Å². The molecule has 0 saturated carbocycles. The Labute approximate surface area is 110 Å². The maximum absolute atomic E-state index is 12.9. The molecule has 3 rings (SSSR count). The number of hydrogen-bond donors (Lipinski definition) is 2. The molecule has 0 spiro atoms. The van der Waals surface area contributed by atoms with Gasteiger partial charge in [-0.1, -0.05) is 24.3 Å². The Kier molecular flexibility index (Phi) is 3.01. The zero-order valence-electron chi connectivity index (χ0n) is 10.3. The summed E-state index contributed by atoms with van der Waals surface area (Å²) in [6.07, 6.45) is 0.598. The van der Waals surface area contributed by atoms with Crippen LogP contribution in [0.1, 0.15) is 17.4 Å². The molecule has 0 saturated heterocycles. The van der Waals surface area contributed by atoms with Crippen molar-refractivity contribution < 1.29 is 4.39 Å². The summed E-state index contributed by atoms with van der Waals surface area (Å²) in [6, 6.07) is 13.9. The van der Waals surface area contributed by atoms with Crippen LogP contribution >= 0.6 is 0 Å². The number of H-pyrrole nitrogens is 1. The van der Waals surface area contributed by atoms with Crippen molar-refractivity contribution in [1.29, 1.82) is 0 Å². The molecule has 19 heavy (non-hydrogen) atoms. The standard InChI is InChI=1S/C15H14FN3/c16-11-7-5-10(6-8-11)12(17)9-15-18-13-3-1-2-4-14(13)19-15/h1-8,12H,9,17H2,(H,18,19)/t12-/m1/s1. The second-order valence-corrected chi connectivity index (χ2v) is 4.56. The first-order valence-corrected chi connectivity index (χ1v) is 6.17. The maximum atomic E-state index is 12.9. The van der Waals surface area contributed by atoms with Gasteiger partial charge in [0.2, 0.25) is 0 Å². The number of para-hydroxylation sites is 2. The van der Waals surface area contributed by atoms with Gasteiger partial charge in [0.15, 0.2) is 0 Å². The second-order valence-electron chi connectivity index (χ2n) is 4.56. The number of benzene rings is 2. The van der Waals surface area contributed by atoms with Gasteiger partial charge in [-0.15, -0.1) is 0 Å². The van der Waals surface area contributed by atoms with Crippen LogP contribution in [0.2, 0.25) is 0 Å². The van der Waals surface area contributed by atoms with Gasteiger partial charge in [0.05, 0.1) is 11.0 Å². The first-order valence-electron chi connectivity index (χ1n) is 6.17. The molecule has 0 fully saturated rings. The Morgan fingerprint density at radius 3 is 2.58 bits per heavy atom. The molecule has 3 aromatic rings. The molecule has 0 aliphatic rings. The minimum atomic E-state index is -0.250. The van der Waals surface area contributed by atoms with Crippen molar-refractivity contribution in [3.05, 3.63) is 65.7 Å². The second kappa shape index (κ2) is 4.82. The number of aromatic nitrogens is 2. The number of halogens is 1. The van der Waals surface area contributed by atoms with E-state index in [9.17, 15) is 4.39 Å². The van der Waals surface area contributed by atoms with Gasteiger partial charge in [-0.05, 0) is 29.8 Å². The van der Waals surface area contributed by atoms with Crippen molar-refractivity contribution in [3.63, 3.8) is 0 Å². The van der Waals surface area contributed by atoms with Gasteiger partial charge in [-0.2, -0.15) is 0 Å². The predicted molar refractivity (Wildman–Crippen MR) is 73.1 cm³/mol. The summed E-state index contributed by atoms with van der Waals surface area (Å²) in [7, 11) is 0. The zero-order valence-corrected chi connectivity index (χ0v) is 10.3. The third kappa shape index (κ3) is 2.48. The molecule has 0 bridgehead atoms. The highest BCUT2D eigenvalue weighted by Crippen LogP contribution is 2.17. The van der Waals surface area contributed by atoms with Crippen molar-refractivity contribution in [2.24, 2.45) is 5.73 Å². The summed E-state index contributed by atoms with van der Waals surface area (Å²) in [5.74, 6) is 0.595. The van der Waals surface area contributed by atoms with Crippen LogP contribution in [-0.2, 0) is 6.42 Å². The van der Waals surface area contributed by atoms with Crippen molar-refractivity contribution in [2.45, 2.75) is 12.5 Å². The number of aromatic amines is 1. The summed E-state index contributed by atoms with van der Waals surface area (Å²) in [6.45, 7) is 0. The largest absolute Gasteiger partial charge is 0.342 e. The van der Waals surface area contributed by atoms with Gasteiger partial charge < -0.3 is 10.7 Å². The van der Waals surface area contributed by atoms with Gasteiger partial charge in [-0.3, -0.25) is 0 Å². The van der Waals surface area contributed by atoms with Gasteiger partial charge in [0.25, 0.3) is 0 Å². The summed E-state index contributed by atoms with van der Waals surface area (Å²) >= 11 is 0. The molecule has 1 atom stereocenters. The van der Waals surface area contributed by atoms with Crippen LogP contribution in [0, 0.1) is 5.82 Å². The molecular formula is C15H14FN3. The molecule has 0 unspecified atom stereocenters. The molecule has 2 aromatic carbocycles. The molecule has 96 valence electrons. The average molecular weight is 255 g/mol. The van der Waals surface area contributed by atoms with Gasteiger partial charge >= 0.3 is 0 Å². The lowest BCUT2D eigenvalue weighted by atomic mass is 10.0. The smallest absolute Gasteiger partial charge is 0.123 e. The fourth-order valence-electron chi connectivity index (χ4n) is 2.14. The van der Waals surface area contributed by atoms with E-state index in [-0.39, 0.29) is 11.9 Å². The number of fused-ring (bicyclic) bond motifs is 1. The first kappa shape index (κ1) is 11.9. The van der Waals surface area contributed by atoms with Crippen LogP contribution in [0.3, 0.4) is 0 Å². The molecule has 0 amide bonds. The molecule has 1 heterocycles. The monoisotopic (exact) mass is 255 g/mol. The van der Waals surface area contributed by atoms with Crippen molar-refractivity contribution >= 4 is 11.0 Å². The van der Waals surface area contributed by atoms with E-state index in [4.69, 9.17) is 5.73 Å². The number of nitrogens with zero attached hydrogens (tertiary/aromatic N) is 1. The normalized spacial score (nSPS) is 12.7. The summed E-state index contributed by atoms with van der Waals surface area (Å²) < 4.78 is 12.9. The van der Waals surface area contributed by atoms with Crippen LogP contribution in [0.25, 0.3) is 11.0 Å². The van der Waals surface area contributed by atoms with E-state index >= 15 is 0 Å². The highest BCUT2D eigenvalue weighted by molar-refractivity contribution is 5.74. The van der Waals surface area contributed by atoms with Crippen molar-refractivity contribution in [2.75, 3.05) is 0 Å². The fourth-order valence-corrected chi connectivity index (χ4v) is 2.14. The zero-order chi connectivity index (χ0) is 13.2. The van der Waals surface area contributed by atoms with E-state index in [0.29, 0.717) is 6.42 Å². The van der Waals surface area contributed by atoms with E-state index in [0.717, 1.165) is 22.4 Å². The van der Waals surface area contributed by atoms with Crippen molar-refractivity contribution in [3.8, 4) is 0 Å². The minimum Gasteiger partial charge on any atom is -0.342 e. The Balaban J connectivity index is 1.82. The number of rotatable bonds is 3. The van der Waals surface area contributed by atoms with Crippen LogP contribution in [0.5, 0.6) is 0 Å². The molecule has 3 N–H and O–H groups in total. The lowest BCUT2D eigenvalue weighted by Crippen LogP contribution is -2.14. The topological polar surface area (TPSA) is 54.7 Å². The molecule has 0 radical (unpaired) electrons. The van der Waals surface area contributed by atoms with Gasteiger partial charge in [0.1, 0.15) is 11.6 Å². The Morgan fingerprint density at radius 1 is 1.11 bits per heavy atom. The average Bonchev–Trinajstić information content (AvgIpc) is 2.81. The van der Waals surface area contributed by atoms with Crippen LogP contribution in [0.4, 0.5) is 4.39 Å². The van der Waals surface area contributed by atoms with Crippen LogP contribution in [0.15, 0.2) is 48.5 Å². The van der Waals surface area contributed by atoms with E-state index in [1.165, 1.54) is 12.1 Å². The van der Waals surface area contributed by atoms with Gasteiger partial charge in [0, 0.05) is 12.5 Å². The fraction of sp³-hybridized carbons (Fsp3) is 0.133. The third-order valence-electron chi connectivity index (χ3n) is 3.15. The Hall–Kier alpha value is -2.20. The summed E-state index contributed by atoms with van der Waals surface area (Å²) in [5.41, 5.74) is 8.96. The number of nitrogens with two attached hydrogens (primary N) is 1. The van der Waals surface area contributed by atoms with E-state index in [1.807, 2.05) is 24.3 Å². The van der Waals surface area contributed by atoms with Crippen LogP contribution < -0.4 is 5.73 Å². The Bertz CT molecular complexity index is 655. The molecule has 4 heteroatoms.